The number of β-lactam (4-membered cyclic amide) rings is 1. The topological polar surface area (TPSA) is 72.9 Å². The minimum Gasteiger partial charge on any atom is -0.464 e. The van der Waals surface area contributed by atoms with Crippen molar-refractivity contribution in [2.75, 3.05) is 14.2 Å². The van der Waals surface area contributed by atoms with Gasteiger partial charge in [0, 0.05) is 13.0 Å². The van der Waals surface area contributed by atoms with Gasteiger partial charge in [-0.1, -0.05) is 13.5 Å². The van der Waals surface area contributed by atoms with Crippen LogP contribution in [-0.2, 0) is 23.9 Å². The number of carbonyl (C=O) groups is 3. The largest absolute Gasteiger partial charge is 0.464 e. The Bertz CT molecular complexity index is 445. The molecule has 4 atom stereocenters. The Morgan fingerprint density at radius 3 is 2.25 bits per heavy atom. The molecule has 4 unspecified atom stereocenters. The summed E-state index contributed by atoms with van der Waals surface area (Å²) in [7, 11) is 2.72. The molecule has 1 heterocycles. The van der Waals surface area contributed by atoms with Gasteiger partial charge in [-0.05, 0) is 13.8 Å². The number of hydrogen-bond acceptors (Lipinski definition) is 5. The van der Waals surface area contributed by atoms with Crippen LogP contribution in [0.1, 0.15) is 20.8 Å². The fourth-order valence-electron chi connectivity index (χ4n) is 2.46. The predicted molar refractivity (Wildman–Crippen MR) is 71.6 cm³/mol. The summed E-state index contributed by atoms with van der Waals surface area (Å²) in [6, 6.07) is -0.429. The first kappa shape index (κ1) is 16.4. The average molecular weight is 283 g/mol. The van der Waals surface area contributed by atoms with Crippen LogP contribution in [-0.4, -0.2) is 48.9 Å². The van der Waals surface area contributed by atoms with Crippen LogP contribution in [0.3, 0.4) is 0 Å². The van der Waals surface area contributed by atoms with Crippen molar-refractivity contribution in [3.63, 3.8) is 0 Å². The number of rotatable bonds is 6. The predicted octanol–water partition coefficient (Wildman–Crippen LogP) is 0.760. The van der Waals surface area contributed by atoms with E-state index in [2.05, 4.69) is 11.3 Å². The number of carbonyl (C=O) groups excluding carboxylic acids is 3. The summed E-state index contributed by atoms with van der Waals surface area (Å²) < 4.78 is 9.77. The maximum atomic E-state index is 12.2. The standard InChI is InChI=1S/C14H21NO5/c1-7(9(3)16)12-11(10(4)19-5)13(17)15(12)8(2)14(18)20-6/h7,10-12H,2H2,1,3-6H3. The molecule has 1 amide bonds. The van der Waals surface area contributed by atoms with E-state index in [1.165, 1.54) is 26.0 Å². The highest BCUT2D eigenvalue weighted by atomic mass is 16.5. The first-order chi connectivity index (χ1) is 9.27. The van der Waals surface area contributed by atoms with E-state index in [9.17, 15) is 14.4 Å². The Hall–Kier alpha value is -1.69. The molecule has 20 heavy (non-hydrogen) atoms. The van der Waals surface area contributed by atoms with Crippen molar-refractivity contribution in [1.29, 1.82) is 0 Å². The van der Waals surface area contributed by atoms with E-state index in [1.54, 1.807) is 13.8 Å². The molecule has 1 aliphatic rings. The van der Waals surface area contributed by atoms with Crippen LogP contribution in [0.5, 0.6) is 0 Å². The van der Waals surface area contributed by atoms with Crippen molar-refractivity contribution in [3.05, 3.63) is 12.3 Å². The monoisotopic (exact) mass is 283 g/mol. The summed E-state index contributed by atoms with van der Waals surface area (Å²) in [6.45, 7) is 8.54. The number of Topliss-reactive ketones (excluding diaryl/α,β-unsaturated/α-hetero) is 1. The summed E-state index contributed by atoms with van der Waals surface area (Å²) in [4.78, 5) is 36.6. The highest BCUT2D eigenvalue weighted by Gasteiger charge is 2.55. The van der Waals surface area contributed by atoms with Gasteiger partial charge in [-0.25, -0.2) is 4.79 Å². The van der Waals surface area contributed by atoms with Gasteiger partial charge < -0.3 is 14.4 Å². The molecule has 0 spiro atoms. The van der Waals surface area contributed by atoms with Crippen LogP contribution < -0.4 is 0 Å². The van der Waals surface area contributed by atoms with Crippen molar-refractivity contribution in [1.82, 2.24) is 4.90 Å². The van der Waals surface area contributed by atoms with Crippen molar-refractivity contribution >= 4 is 17.7 Å². The number of nitrogens with zero attached hydrogens (tertiary/aromatic N) is 1. The number of esters is 1. The lowest BCUT2D eigenvalue weighted by molar-refractivity contribution is -0.170. The molecule has 0 saturated carbocycles. The SMILES string of the molecule is C=C(C(=O)OC)N1C(=O)C(C(C)OC)C1C(C)C(C)=O. The zero-order valence-corrected chi connectivity index (χ0v) is 12.5. The molecule has 0 aromatic carbocycles. The molecule has 112 valence electrons. The van der Waals surface area contributed by atoms with E-state index in [0.29, 0.717) is 0 Å². The Kier molecular flexibility index (Phi) is 5.05. The maximum absolute atomic E-state index is 12.2. The quantitative estimate of drug-likeness (QED) is 0.409. The van der Waals surface area contributed by atoms with Crippen molar-refractivity contribution in [2.24, 2.45) is 11.8 Å². The van der Waals surface area contributed by atoms with Gasteiger partial charge in [0.1, 0.15) is 11.5 Å². The van der Waals surface area contributed by atoms with E-state index in [1.807, 2.05) is 0 Å². The number of ketones is 1. The van der Waals surface area contributed by atoms with Gasteiger partial charge in [0.25, 0.3) is 0 Å². The third kappa shape index (κ3) is 2.60. The molecule has 1 rings (SSSR count). The summed E-state index contributed by atoms with van der Waals surface area (Å²) in [5.74, 6) is -1.87. The molecule has 0 bridgehead atoms. The molecule has 0 aliphatic carbocycles. The van der Waals surface area contributed by atoms with Crippen LogP contribution in [0, 0.1) is 11.8 Å². The molecule has 0 aromatic rings. The summed E-state index contributed by atoms with van der Waals surface area (Å²) in [5.41, 5.74) is -0.0462. The lowest BCUT2D eigenvalue weighted by Gasteiger charge is -2.51. The normalized spacial score (nSPS) is 24.6. The van der Waals surface area contributed by atoms with Crippen LogP contribution in [0.2, 0.25) is 0 Å². The second-order valence-corrected chi connectivity index (χ2v) is 5.00. The number of ether oxygens (including phenoxy) is 2. The third-order valence-electron chi connectivity index (χ3n) is 3.93. The second-order valence-electron chi connectivity index (χ2n) is 5.00. The zero-order chi connectivity index (χ0) is 15.6. The second kappa shape index (κ2) is 6.17. The Balaban J connectivity index is 3.06. The van der Waals surface area contributed by atoms with E-state index in [0.717, 1.165) is 0 Å². The highest BCUT2D eigenvalue weighted by Crippen LogP contribution is 2.38. The zero-order valence-electron chi connectivity index (χ0n) is 12.5. The summed E-state index contributed by atoms with van der Waals surface area (Å²) >= 11 is 0. The number of amides is 1. The van der Waals surface area contributed by atoms with Gasteiger partial charge in [0.05, 0.1) is 25.2 Å². The Morgan fingerprint density at radius 2 is 1.85 bits per heavy atom. The third-order valence-corrected chi connectivity index (χ3v) is 3.93. The van der Waals surface area contributed by atoms with Gasteiger partial charge in [0.2, 0.25) is 5.91 Å². The molecular weight excluding hydrogens is 262 g/mol. The lowest BCUT2D eigenvalue weighted by Crippen LogP contribution is -2.67. The van der Waals surface area contributed by atoms with Crippen LogP contribution in [0.25, 0.3) is 0 Å². The molecule has 0 radical (unpaired) electrons. The van der Waals surface area contributed by atoms with Crippen LogP contribution >= 0.6 is 0 Å². The smallest absolute Gasteiger partial charge is 0.354 e. The van der Waals surface area contributed by atoms with Gasteiger partial charge in [-0.15, -0.1) is 0 Å². The number of hydrogen-bond donors (Lipinski definition) is 0. The minimum absolute atomic E-state index is 0.0462. The van der Waals surface area contributed by atoms with Crippen LogP contribution in [0.15, 0.2) is 12.3 Å². The lowest BCUT2D eigenvalue weighted by atomic mass is 9.75. The van der Waals surface area contributed by atoms with Crippen molar-refractivity contribution < 1.29 is 23.9 Å². The Labute approximate surface area is 118 Å². The van der Waals surface area contributed by atoms with Gasteiger partial charge in [-0.2, -0.15) is 0 Å². The maximum Gasteiger partial charge on any atom is 0.354 e. The summed E-state index contributed by atoms with van der Waals surface area (Å²) in [6.07, 6.45) is -0.337. The van der Waals surface area contributed by atoms with Gasteiger partial charge >= 0.3 is 5.97 Å². The number of likely N-dealkylation sites (tertiary alicyclic amines) is 1. The molecule has 6 heteroatoms. The Morgan fingerprint density at radius 1 is 1.30 bits per heavy atom. The van der Waals surface area contributed by atoms with E-state index in [4.69, 9.17) is 4.74 Å². The molecule has 6 nitrogen and oxygen atoms in total. The van der Waals surface area contributed by atoms with Crippen molar-refractivity contribution in [3.8, 4) is 0 Å². The first-order valence-corrected chi connectivity index (χ1v) is 6.41. The van der Waals surface area contributed by atoms with E-state index < -0.39 is 23.8 Å². The van der Waals surface area contributed by atoms with Crippen molar-refractivity contribution in [2.45, 2.75) is 32.9 Å². The highest BCUT2D eigenvalue weighted by molar-refractivity contribution is 5.99. The van der Waals surface area contributed by atoms with Gasteiger partial charge in [0.15, 0.2) is 0 Å². The summed E-state index contributed by atoms with van der Waals surface area (Å²) in [5, 5.41) is 0. The molecule has 1 fully saturated rings. The van der Waals surface area contributed by atoms with E-state index >= 15 is 0 Å². The fraction of sp³-hybridized carbons (Fsp3) is 0.643. The average Bonchev–Trinajstić information content (AvgIpc) is 2.42. The molecule has 0 aromatic heterocycles. The molecular formula is C14H21NO5. The fourth-order valence-corrected chi connectivity index (χ4v) is 2.46. The minimum atomic E-state index is -0.678. The number of methoxy groups -OCH3 is 2. The molecule has 0 N–H and O–H groups in total. The van der Waals surface area contributed by atoms with E-state index in [-0.39, 0.29) is 23.5 Å². The van der Waals surface area contributed by atoms with Crippen LogP contribution in [0.4, 0.5) is 0 Å². The van der Waals surface area contributed by atoms with Gasteiger partial charge in [-0.3, -0.25) is 9.59 Å². The first-order valence-electron chi connectivity index (χ1n) is 6.41. The molecule has 1 aliphatic heterocycles. The molecule has 1 saturated heterocycles.